The molecule has 0 bridgehead atoms. The normalized spacial score (nSPS) is 18.5. The minimum atomic E-state index is -0.420. The van der Waals surface area contributed by atoms with Crippen LogP contribution in [0.1, 0.15) is 82.6 Å². The zero-order chi connectivity index (χ0) is 21.2. The van der Waals surface area contributed by atoms with E-state index in [9.17, 15) is 4.79 Å². The summed E-state index contributed by atoms with van der Waals surface area (Å²) in [5, 5.41) is 8.63. The first kappa shape index (κ1) is 22.0. The monoisotopic (exact) mass is 405 g/mol. The lowest BCUT2D eigenvalue weighted by Crippen LogP contribution is -2.14. The first-order chi connectivity index (χ1) is 14.7. The summed E-state index contributed by atoms with van der Waals surface area (Å²) in [6.45, 7) is 2.26. The number of nitriles is 1. The third-order valence-corrected chi connectivity index (χ3v) is 6.00. The van der Waals surface area contributed by atoms with Gasteiger partial charge in [0.2, 0.25) is 0 Å². The molecule has 1 aromatic heterocycles. The number of esters is 1. The molecular weight excluding hydrogens is 374 g/mol. The van der Waals surface area contributed by atoms with Crippen LogP contribution in [0.15, 0.2) is 36.7 Å². The summed E-state index contributed by atoms with van der Waals surface area (Å²) in [5.74, 6) is 1.99. The Bertz CT molecular complexity index is 849. The van der Waals surface area contributed by atoms with Crippen molar-refractivity contribution < 1.29 is 9.53 Å². The molecule has 0 N–H and O–H groups in total. The maximum absolute atomic E-state index is 11.9. The minimum absolute atomic E-state index is 0.0751. The molecule has 0 radical (unpaired) electrons. The first-order valence-electron chi connectivity index (χ1n) is 11.2. The van der Waals surface area contributed by atoms with Crippen molar-refractivity contribution >= 4 is 5.97 Å². The highest BCUT2D eigenvalue weighted by atomic mass is 16.5. The van der Waals surface area contributed by atoms with E-state index in [1.54, 1.807) is 6.07 Å². The molecule has 5 nitrogen and oxygen atoms in total. The first-order valence-corrected chi connectivity index (χ1v) is 11.2. The molecule has 158 valence electrons. The van der Waals surface area contributed by atoms with E-state index in [0.717, 1.165) is 5.92 Å². The second kappa shape index (κ2) is 11.4. The lowest BCUT2D eigenvalue weighted by molar-refractivity contribution is -0.134. The maximum Gasteiger partial charge on any atom is 0.312 e. The van der Waals surface area contributed by atoms with Gasteiger partial charge in [-0.2, -0.15) is 5.26 Å². The fourth-order valence-corrected chi connectivity index (χ4v) is 4.23. The summed E-state index contributed by atoms with van der Waals surface area (Å²) in [6, 6.07) is 9.22. The summed E-state index contributed by atoms with van der Waals surface area (Å²) in [7, 11) is 0. The van der Waals surface area contributed by atoms with E-state index in [4.69, 9.17) is 10.00 Å². The maximum atomic E-state index is 11.9. The molecule has 1 aliphatic carbocycles. The summed E-state index contributed by atoms with van der Waals surface area (Å²) in [4.78, 5) is 21.1. The highest BCUT2D eigenvalue weighted by Gasteiger charge is 2.23. The molecule has 2 aromatic rings. The second-order valence-corrected chi connectivity index (χ2v) is 8.18. The van der Waals surface area contributed by atoms with Crippen molar-refractivity contribution in [2.75, 3.05) is 0 Å². The van der Waals surface area contributed by atoms with Crippen LogP contribution >= 0.6 is 0 Å². The quantitative estimate of drug-likeness (QED) is 0.282. The molecule has 5 heteroatoms. The van der Waals surface area contributed by atoms with Gasteiger partial charge in [0.25, 0.3) is 0 Å². The molecule has 0 aliphatic heterocycles. The number of nitrogens with zero attached hydrogens (tertiary/aromatic N) is 3. The van der Waals surface area contributed by atoms with Crippen molar-refractivity contribution in [2.24, 2.45) is 5.92 Å². The SMILES string of the molecule is CCCCC[C@H]1CC[C@H](c2cnc(-c3ccccc3OC(=O)CCC#N)nc2)CC1. The Morgan fingerprint density at radius 3 is 2.57 bits per heavy atom. The number of rotatable bonds is 9. The molecule has 1 aromatic carbocycles. The molecular formula is C25H31N3O2. The Labute approximate surface area is 179 Å². The Balaban J connectivity index is 1.61. The molecule has 1 fully saturated rings. The number of hydrogen-bond donors (Lipinski definition) is 0. The number of unbranched alkanes of at least 4 members (excludes halogenated alkanes) is 2. The van der Waals surface area contributed by atoms with Gasteiger partial charge < -0.3 is 4.74 Å². The van der Waals surface area contributed by atoms with Gasteiger partial charge in [0.05, 0.1) is 18.1 Å². The smallest absolute Gasteiger partial charge is 0.312 e. The second-order valence-electron chi connectivity index (χ2n) is 8.18. The van der Waals surface area contributed by atoms with E-state index in [-0.39, 0.29) is 12.8 Å². The van der Waals surface area contributed by atoms with Gasteiger partial charge in [0, 0.05) is 18.8 Å². The lowest BCUT2D eigenvalue weighted by atomic mass is 9.77. The van der Waals surface area contributed by atoms with Gasteiger partial charge in [-0.1, -0.05) is 44.7 Å². The van der Waals surface area contributed by atoms with Gasteiger partial charge >= 0.3 is 5.97 Å². The number of hydrogen-bond acceptors (Lipinski definition) is 5. The number of carbonyl (C=O) groups excluding carboxylic acids is 1. The molecule has 1 heterocycles. The molecule has 0 spiro atoms. The predicted octanol–water partition coefficient (Wildman–Crippen LogP) is 6.21. The third kappa shape index (κ3) is 6.13. The lowest BCUT2D eigenvalue weighted by Gasteiger charge is -2.28. The summed E-state index contributed by atoms with van der Waals surface area (Å²) in [5.41, 5.74) is 1.89. The largest absolute Gasteiger partial charge is 0.426 e. The van der Waals surface area contributed by atoms with Gasteiger partial charge in [0.1, 0.15) is 5.75 Å². The van der Waals surface area contributed by atoms with Crippen LogP contribution in [0.4, 0.5) is 0 Å². The highest BCUT2D eigenvalue weighted by molar-refractivity contribution is 5.76. The van der Waals surface area contributed by atoms with Crippen LogP contribution in [0.25, 0.3) is 11.4 Å². The van der Waals surface area contributed by atoms with Crippen molar-refractivity contribution in [3.05, 3.63) is 42.2 Å². The molecule has 1 aliphatic rings. The van der Waals surface area contributed by atoms with E-state index in [2.05, 4.69) is 16.9 Å². The third-order valence-electron chi connectivity index (χ3n) is 6.00. The van der Waals surface area contributed by atoms with Crippen LogP contribution in [-0.4, -0.2) is 15.9 Å². The van der Waals surface area contributed by atoms with E-state index < -0.39 is 5.97 Å². The molecule has 0 atom stereocenters. The molecule has 0 saturated heterocycles. The predicted molar refractivity (Wildman–Crippen MR) is 117 cm³/mol. The van der Waals surface area contributed by atoms with Gasteiger partial charge in [-0.15, -0.1) is 0 Å². The molecule has 3 rings (SSSR count). The van der Waals surface area contributed by atoms with Gasteiger partial charge in [-0.05, 0) is 55.2 Å². The average Bonchev–Trinajstić information content (AvgIpc) is 2.79. The van der Waals surface area contributed by atoms with Gasteiger partial charge in [-0.25, -0.2) is 9.97 Å². The molecule has 1 saturated carbocycles. The number of benzene rings is 1. The van der Waals surface area contributed by atoms with Crippen LogP contribution < -0.4 is 4.74 Å². The van der Waals surface area contributed by atoms with Crippen LogP contribution in [-0.2, 0) is 4.79 Å². The standard InChI is InChI=1S/C25H31N3O2/c1-2-3-4-8-19-12-14-20(15-13-19)21-17-27-25(28-18-21)22-9-5-6-10-23(22)30-24(29)11-7-16-26/h5-6,9-10,17-20H,2-4,7-8,11-15H2,1H3/t19-,20-. The molecule has 30 heavy (non-hydrogen) atoms. The van der Waals surface area contributed by atoms with Crippen LogP contribution in [0.5, 0.6) is 5.75 Å². The zero-order valence-corrected chi connectivity index (χ0v) is 17.8. The highest BCUT2D eigenvalue weighted by Crippen LogP contribution is 2.38. The van der Waals surface area contributed by atoms with Crippen LogP contribution in [0.3, 0.4) is 0 Å². The van der Waals surface area contributed by atoms with E-state index in [0.29, 0.717) is 23.1 Å². The summed E-state index contributed by atoms with van der Waals surface area (Å²) >= 11 is 0. The summed E-state index contributed by atoms with van der Waals surface area (Å²) in [6.07, 6.45) is 14.5. The van der Waals surface area contributed by atoms with E-state index >= 15 is 0 Å². The molecule has 0 amide bonds. The number of aromatic nitrogens is 2. The van der Waals surface area contributed by atoms with Crippen molar-refractivity contribution in [3.8, 4) is 23.2 Å². The van der Waals surface area contributed by atoms with Crippen molar-refractivity contribution in [3.63, 3.8) is 0 Å². The number of para-hydroxylation sites is 1. The average molecular weight is 406 g/mol. The Morgan fingerprint density at radius 2 is 1.87 bits per heavy atom. The topological polar surface area (TPSA) is 75.9 Å². The fourth-order valence-electron chi connectivity index (χ4n) is 4.23. The van der Waals surface area contributed by atoms with Crippen molar-refractivity contribution in [2.45, 2.75) is 77.0 Å². The number of ether oxygens (including phenoxy) is 1. The van der Waals surface area contributed by atoms with E-state index in [1.165, 1.54) is 56.9 Å². The Morgan fingerprint density at radius 1 is 1.13 bits per heavy atom. The number of carbonyl (C=O) groups is 1. The Hall–Kier alpha value is -2.74. The van der Waals surface area contributed by atoms with E-state index in [1.807, 2.05) is 36.7 Å². The fraction of sp³-hybridized carbons (Fsp3) is 0.520. The molecule has 0 unspecified atom stereocenters. The van der Waals surface area contributed by atoms with Gasteiger partial charge in [0.15, 0.2) is 5.82 Å². The Kier molecular flexibility index (Phi) is 8.38. The van der Waals surface area contributed by atoms with Crippen LogP contribution in [0.2, 0.25) is 0 Å². The van der Waals surface area contributed by atoms with Crippen molar-refractivity contribution in [1.82, 2.24) is 9.97 Å². The van der Waals surface area contributed by atoms with Crippen molar-refractivity contribution in [1.29, 1.82) is 5.26 Å². The zero-order valence-electron chi connectivity index (χ0n) is 17.8. The minimum Gasteiger partial charge on any atom is -0.426 e. The van der Waals surface area contributed by atoms with Crippen LogP contribution in [0, 0.1) is 17.2 Å². The van der Waals surface area contributed by atoms with Gasteiger partial charge in [-0.3, -0.25) is 4.79 Å². The summed E-state index contributed by atoms with van der Waals surface area (Å²) < 4.78 is 5.43.